The van der Waals surface area contributed by atoms with Gasteiger partial charge in [-0.1, -0.05) is 26.7 Å². The van der Waals surface area contributed by atoms with Gasteiger partial charge in [0.25, 0.3) is 0 Å². The summed E-state index contributed by atoms with van der Waals surface area (Å²) < 4.78 is 0. The second kappa shape index (κ2) is 7.85. The van der Waals surface area contributed by atoms with Crippen LogP contribution in [0, 0.1) is 5.92 Å². The van der Waals surface area contributed by atoms with Crippen molar-refractivity contribution in [2.24, 2.45) is 11.7 Å². The number of rotatable bonds is 7. The molecule has 1 aliphatic rings. The summed E-state index contributed by atoms with van der Waals surface area (Å²) in [5.74, 6) is 0.472. The lowest BCUT2D eigenvalue weighted by atomic mass is 9.96. The third-order valence-electron chi connectivity index (χ3n) is 3.92. The molecule has 0 aromatic heterocycles. The molecule has 1 saturated heterocycles. The number of piperidine rings is 1. The average Bonchev–Trinajstić information content (AvgIpc) is 2.37. The smallest absolute Gasteiger partial charge is 0.239 e. The van der Waals surface area contributed by atoms with Gasteiger partial charge < -0.3 is 16.0 Å². The van der Waals surface area contributed by atoms with Crippen molar-refractivity contribution in [3.8, 4) is 0 Å². The highest BCUT2D eigenvalue weighted by atomic mass is 16.2. The van der Waals surface area contributed by atoms with E-state index in [2.05, 4.69) is 24.1 Å². The maximum atomic E-state index is 12.0. The number of hydrogen-bond donors (Lipinski definition) is 2. The SMILES string of the molecule is CCCC(C)(N)C(=O)NCC(C)CN1CCCCC1. The minimum Gasteiger partial charge on any atom is -0.354 e. The normalized spacial score (nSPS) is 21.7. The number of nitrogens with zero attached hydrogens (tertiary/aromatic N) is 1. The van der Waals surface area contributed by atoms with Crippen LogP contribution in [0.25, 0.3) is 0 Å². The fourth-order valence-corrected chi connectivity index (χ4v) is 2.75. The number of nitrogens with one attached hydrogen (secondary N) is 1. The standard InChI is InChI=1S/C15H31N3O/c1-4-8-15(3,16)14(19)17-11-13(2)12-18-9-6-5-7-10-18/h13H,4-12,16H2,1-3H3,(H,17,19). The van der Waals surface area contributed by atoms with E-state index in [4.69, 9.17) is 5.73 Å². The lowest BCUT2D eigenvalue weighted by Gasteiger charge is -2.30. The van der Waals surface area contributed by atoms with Crippen LogP contribution < -0.4 is 11.1 Å². The van der Waals surface area contributed by atoms with Gasteiger partial charge in [0.2, 0.25) is 5.91 Å². The minimum atomic E-state index is -0.723. The molecule has 3 N–H and O–H groups in total. The predicted octanol–water partition coefficient (Wildman–Crippen LogP) is 1.74. The zero-order valence-corrected chi connectivity index (χ0v) is 12.9. The first-order chi connectivity index (χ1) is 8.95. The van der Waals surface area contributed by atoms with Gasteiger partial charge >= 0.3 is 0 Å². The average molecular weight is 269 g/mol. The topological polar surface area (TPSA) is 58.4 Å². The van der Waals surface area contributed by atoms with Crippen LogP contribution in [0.3, 0.4) is 0 Å². The summed E-state index contributed by atoms with van der Waals surface area (Å²) in [6, 6.07) is 0. The van der Waals surface area contributed by atoms with Crippen LogP contribution in [-0.4, -0.2) is 42.5 Å². The van der Waals surface area contributed by atoms with Crippen LogP contribution in [0.15, 0.2) is 0 Å². The number of carbonyl (C=O) groups is 1. The van der Waals surface area contributed by atoms with Crippen LogP contribution >= 0.6 is 0 Å². The Morgan fingerprint density at radius 2 is 2.00 bits per heavy atom. The largest absolute Gasteiger partial charge is 0.354 e. The molecule has 1 amide bonds. The second-order valence-electron chi connectivity index (χ2n) is 6.34. The Kier molecular flexibility index (Phi) is 6.80. The highest BCUT2D eigenvalue weighted by molar-refractivity contribution is 5.85. The third kappa shape index (κ3) is 5.91. The van der Waals surface area contributed by atoms with Crippen LogP contribution in [0.5, 0.6) is 0 Å². The summed E-state index contributed by atoms with van der Waals surface area (Å²) in [5, 5.41) is 3.01. The fourth-order valence-electron chi connectivity index (χ4n) is 2.75. The van der Waals surface area contributed by atoms with E-state index >= 15 is 0 Å². The first-order valence-corrected chi connectivity index (χ1v) is 7.75. The van der Waals surface area contributed by atoms with Gasteiger partial charge in [-0.25, -0.2) is 0 Å². The van der Waals surface area contributed by atoms with Crippen molar-refractivity contribution < 1.29 is 4.79 Å². The second-order valence-corrected chi connectivity index (χ2v) is 6.34. The van der Waals surface area contributed by atoms with Gasteiger partial charge in [0.1, 0.15) is 0 Å². The molecule has 0 bridgehead atoms. The van der Waals surface area contributed by atoms with E-state index in [1.54, 1.807) is 0 Å². The van der Waals surface area contributed by atoms with E-state index < -0.39 is 5.54 Å². The number of hydrogen-bond acceptors (Lipinski definition) is 3. The zero-order valence-electron chi connectivity index (χ0n) is 12.9. The molecule has 1 aliphatic heterocycles. The molecule has 0 radical (unpaired) electrons. The molecule has 112 valence electrons. The Morgan fingerprint density at radius 3 is 2.58 bits per heavy atom. The maximum Gasteiger partial charge on any atom is 0.239 e. The van der Waals surface area contributed by atoms with Crippen LogP contribution in [0.4, 0.5) is 0 Å². The lowest BCUT2D eigenvalue weighted by Crippen LogP contribution is -2.52. The molecule has 2 atom stereocenters. The predicted molar refractivity (Wildman–Crippen MR) is 80.0 cm³/mol. The molecular formula is C15H31N3O. The maximum absolute atomic E-state index is 12.0. The lowest BCUT2D eigenvalue weighted by molar-refractivity contribution is -0.126. The molecule has 4 nitrogen and oxygen atoms in total. The number of likely N-dealkylation sites (tertiary alicyclic amines) is 1. The molecule has 1 rings (SSSR count). The minimum absolute atomic E-state index is 0.0140. The highest BCUT2D eigenvalue weighted by Crippen LogP contribution is 2.11. The quantitative estimate of drug-likeness (QED) is 0.740. The Labute approximate surface area is 118 Å². The van der Waals surface area contributed by atoms with Gasteiger partial charge in [-0.05, 0) is 45.2 Å². The first kappa shape index (κ1) is 16.4. The van der Waals surface area contributed by atoms with Crippen molar-refractivity contribution in [2.75, 3.05) is 26.2 Å². The highest BCUT2D eigenvalue weighted by Gasteiger charge is 2.27. The Bertz CT molecular complexity index is 273. The molecule has 0 spiro atoms. The molecule has 4 heteroatoms. The summed E-state index contributed by atoms with van der Waals surface area (Å²) in [4.78, 5) is 14.5. The molecule has 1 heterocycles. The van der Waals surface area contributed by atoms with Gasteiger partial charge in [-0.15, -0.1) is 0 Å². The summed E-state index contributed by atoms with van der Waals surface area (Å²) in [6.45, 7) is 10.3. The van der Waals surface area contributed by atoms with E-state index in [1.807, 2.05) is 6.92 Å². The van der Waals surface area contributed by atoms with E-state index in [0.29, 0.717) is 5.92 Å². The summed E-state index contributed by atoms with van der Waals surface area (Å²) in [5.41, 5.74) is 5.30. The molecule has 1 fully saturated rings. The van der Waals surface area contributed by atoms with Crippen molar-refractivity contribution in [1.82, 2.24) is 10.2 Å². The Hall–Kier alpha value is -0.610. The number of nitrogens with two attached hydrogens (primary N) is 1. The molecule has 0 saturated carbocycles. The van der Waals surface area contributed by atoms with Gasteiger partial charge in [0.05, 0.1) is 5.54 Å². The van der Waals surface area contributed by atoms with Crippen molar-refractivity contribution in [3.63, 3.8) is 0 Å². The molecule has 0 aromatic rings. The summed E-state index contributed by atoms with van der Waals surface area (Å²) in [6.07, 6.45) is 5.67. The van der Waals surface area contributed by atoms with Crippen molar-refractivity contribution in [2.45, 2.75) is 58.4 Å². The molecule has 0 aliphatic carbocycles. The Morgan fingerprint density at radius 1 is 1.37 bits per heavy atom. The van der Waals surface area contributed by atoms with Gasteiger partial charge in [0, 0.05) is 13.1 Å². The summed E-state index contributed by atoms with van der Waals surface area (Å²) >= 11 is 0. The van der Waals surface area contributed by atoms with E-state index in [-0.39, 0.29) is 5.91 Å². The number of carbonyl (C=O) groups excluding carboxylic acids is 1. The molecule has 0 aromatic carbocycles. The molecule has 2 unspecified atom stereocenters. The van der Waals surface area contributed by atoms with Crippen LogP contribution in [-0.2, 0) is 4.79 Å². The zero-order chi connectivity index (χ0) is 14.3. The van der Waals surface area contributed by atoms with E-state index in [1.165, 1.54) is 32.4 Å². The van der Waals surface area contributed by atoms with Gasteiger partial charge in [-0.2, -0.15) is 0 Å². The van der Waals surface area contributed by atoms with E-state index in [9.17, 15) is 4.79 Å². The molecular weight excluding hydrogens is 238 g/mol. The van der Waals surface area contributed by atoms with E-state index in [0.717, 1.165) is 25.9 Å². The summed E-state index contributed by atoms with van der Waals surface area (Å²) in [7, 11) is 0. The number of amides is 1. The fraction of sp³-hybridized carbons (Fsp3) is 0.933. The van der Waals surface area contributed by atoms with Gasteiger partial charge in [-0.3, -0.25) is 4.79 Å². The third-order valence-corrected chi connectivity index (χ3v) is 3.92. The van der Waals surface area contributed by atoms with Crippen LogP contribution in [0.1, 0.15) is 52.9 Å². The molecule has 19 heavy (non-hydrogen) atoms. The Balaban J connectivity index is 2.25. The van der Waals surface area contributed by atoms with Crippen molar-refractivity contribution in [1.29, 1.82) is 0 Å². The monoisotopic (exact) mass is 269 g/mol. The van der Waals surface area contributed by atoms with Crippen molar-refractivity contribution >= 4 is 5.91 Å². The first-order valence-electron chi connectivity index (χ1n) is 7.75. The van der Waals surface area contributed by atoms with Crippen LogP contribution in [0.2, 0.25) is 0 Å². The van der Waals surface area contributed by atoms with Gasteiger partial charge in [0.15, 0.2) is 0 Å². The van der Waals surface area contributed by atoms with Crippen molar-refractivity contribution in [3.05, 3.63) is 0 Å².